The van der Waals surface area contributed by atoms with Crippen molar-refractivity contribution >= 4 is 23.4 Å². The number of imidazole rings is 1. The summed E-state index contributed by atoms with van der Waals surface area (Å²) < 4.78 is 41.7. The summed E-state index contributed by atoms with van der Waals surface area (Å²) in [6, 6.07) is 0. The molecule has 0 amide bonds. The number of nitrogens with zero attached hydrogens (tertiary/aromatic N) is 6. The minimum Gasteiger partial charge on any atom is -0.342 e. The average molecular weight is 434 g/mol. The van der Waals surface area contributed by atoms with E-state index < -0.39 is 11.9 Å². The number of rotatable bonds is 3. The van der Waals surface area contributed by atoms with E-state index in [-0.39, 0.29) is 4.90 Å². The lowest BCUT2D eigenvalue weighted by atomic mass is 9.77. The second kappa shape index (κ2) is 7.40. The number of alkyl halides is 3. The predicted molar refractivity (Wildman–Crippen MR) is 106 cm³/mol. The van der Waals surface area contributed by atoms with Crippen molar-refractivity contribution in [2.75, 3.05) is 18.0 Å². The van der Waals surface area contributed by atoms with Gasteiger partial charge in [-0.1, -0.05) is 24.6 Å². The van der Waals surface area contributed by atoms with Crippen LogP contribution in [0.3, 0.4) is 0 Å². The van der Waals surface area contributed by atoms with Crippen molar-refractivity contribution in [2.24, 2.45) is 5.41 Å². The van der Waals surface area contributed by atoms with E-state index in [1.807, 2.05) is 10.6 Å². The van der Waals surface area contributed by atoms with Crippen LogP contribution in [0.1, 0.15) is 44.2 Å². The Morgan fingerprint density at radius 1 is 0.933 bits per heavy atom. The van der Waals surface area contributed by atoms with E-state index >= 15 is 0 Å². The van der Waals surface area contributed by atoms with Crippen LogP contribution in [-0.4, -0.2) is 37.4 Å². The lowest BCUT2D eigenvalue weighted by molar-refractivity contribution is -0.143. The number of halogens is 3. The molecular formula is C20H21F3N6S. The van der Waals surface area contributed by atoms with Gasteiger partial charge in [0.25, 0.3) is 0 Å². The Hall–Kier alpha value is -2.36. The first-order valence-electron chi connectivity index (χ1n) is 10.1. The van der Waals surface area contributed by atoms with Crippen LogP contribution in [0.25, 0.3) is 5.65 Å². The molecule has 2 aliphatic rings. The number of fused-ring (bicyclic) bond motifs is 1. The van der Waals surface area contributed by atoms with Gasteiger partial charge in [0.1, 0.15) is 6.33 Å². The summed E-state index contributed by atoms with van der Waals surface area (Å²) in [6.45, 7) is 1.88. The molecule has 0 N–H and O–H groups in total. The highest BCUT2D eigenvalue weighted by molar-refractivity contribution is 7.99. The quantitative estimate of drug-likeness (QED) is 0.587. The number of hydrogen-bond acceptors (Lipinski definition) is 6. The molecule has 3 aromatic heterocycles. The largest absolute Gasteiger partial charge is 0.434 e. The minimum absolute atomic E-state index is 0.0643. The van der Waals surface area contributed by atoms with Gasteiger partial charge in [-0.25, -0.2) is 19.9 Å². The highest BCUT2D eigenvalue weighted by atomic mass is 32.2. The zero-order chi connectivity index (χ0) is 20.8. The van der Waals surface area contributed by atoms with Gasteiger partial charge in [0.15, 0.2) is 11.3 Å². The fourth-order valence-corrected chi connectivity index (χ4v) is 5.68. The van der Waals surface area contributed by atoms with Crippen LogP contribution >= 0.6 is 11.8 Å². The maximum atomic E-state index is 13.3. The Morgan fingerprint density at radius 2 is 1.70 bits per heavy atom. The van der Waals surface area contributed by atoms with E-state index in [1.165, 1.54) is 31.9 Å². The summed E-state index contributed by atoms with van der Waals surface area (Å²) in [5.74, 6) is 0.792. The molecule has 10 heteroatoms. The zero-order valence-electron chi connectivity index (χ0n) is 16.3. The molecule has 0 bridgehead atoms. The smallest absolute Gasteiger partial charge is 0.342 e. The van der Waals surface area contributed by atoms with Gasteiger partial charge in [0.05, 0.1) is 9.79 Å². The first-order valence-corrected chi connectivity index (χ1v) is 10.9. The SMILES string of the molecule is FC(F)(F)c1ncncc1Sc1cnc(N2CCC3(CCCC3)CC2)n2ccnc12. The third kappa shape index (κ3) is 3.51. The van der Waals surface area contributed by atoms with Crippen molar-refractivity contribution in [1.82, 2.24) is 24.3 Å². The molecule has 1 spiro atoms. The highest BCUT2D eigenvalue weighted by Gasteiger charge is 2.38. The van der Waals surface area contributed by atoms with Crippen LogP contribution in [0.2, 0.25) is 0 Å². The van der Waals surface area contributed by atoms with Crippen molar-refractivity contribution in [2.45, 2.75) is 54.5 Å². The van der Waals surface area contributed by atoms with Crippen molar-refractivity contribution in [3.05, 3.63) is 36.8 Å². The lowest BCUT2D eigenvalue weighted by Gasteiger charge is -2.39. The van der Waals surface area contributed by atoms with Gasteiger partial charge in [-0.15, -0.1) is 0 Å². The first kappa shape index (κ1) is 19.6. The fraction of sp³-hybridized carbons (Fsp3) is 0.500. The molecule has 6 nitrogen and oxygen atoms in total. The normalized spacial score (nSPS) is 19.1. The van der Waals surface area contributed by atoms with Gasteiger partial charge < -0.3 is 4.90 Å². The third-order valence-electron chi connectivity index (χ3n) is 6.31. The van der Waals surface area contributed by atoms with Gasteiger partial charge in [-0.3, -0.25) is 4.40 Å². The molecule has 0 atom stereocenters. The molecule has 0 radical (unpaired) electrons. The van der Waals surface area contributed by atoms with Crippen molar-refractivity contribution in [1.29, 1.82) is 0 Å². The van der Waals surface area contributed by atoms with Gasteiger partial charge in [0.2, 0.25) is 5.95 Å². The van der Waals surface area contributed by atoms with Crippen LogP contribution in [0.4, 0.5) is 19.1 Å². The molecule has 3 aromatic rings. The number of anilines is 1. The number of aromatic nitrogens is 5. The fourth-order valence-electron chi connectivity index (χ4n) is 4.72. The zero-order valence-corrected chi connectivity index (χ0v) is 17.1. The van der Waals surface area contributed by atoms with Crippen molar-refractivity contribution in [3.8, 4) is 0 Å². The maximum absolute atomic E-state index is 13.3. The molecule has 2 fully saturated rings. The Balaban J connectivity index is 1.43. The van der Waals surface area contributed by atoms with Crippen molar-refractivity contribution < 1.29 is 13.2 Å². The van der Waals surface area contributed by atoms with Gasteiger partial charge >= 0.3 is 6.18 Å². The summed E-state index contributed by atoms with van der Waals surface area (Å²) in [7, 11) is 0. The molecule has 0 unspecified atom stereocenters. The Morgan fingerprint density at radius 3 is 2.43 bits per heavy atom. The summed E-state index contributed by atoms with van der Waals surface area (Å²) >= 11 is 0.936. The first-order chi connectivity index (χ1) is 14.5. The maximum Gasteiger partial charge on any atom is 0.434 e. The molecule has 4 heterocycles. The van der Waals surface area contributed by atoms with E-state index in [4.69, 9.17) is 0 Å². The second-order valence-electron chi connectivity index (χ2n) is 8.07. The summed E-state index contributed by atoms with van der Waals surface area (Å²) in [5.41, 5.74) is 0.138. The van der Waals surface area contributed by atoms with Crippen LogP contribution in [-0.2, 0) is 6.18 Å². The van der Waals surface area contributed by atoms with Crippen LogP contribution in [0.15, 0.2) is 40.9 Å². The molecule has 5 rings (SSSR count). The predicted octanol–water partition coefficient (Wildman–Crippen LogP) is 4.85. The van der Waals surface area contributed by atoms with Gasteiger partial charge in [0, 0.05) is 37.9 Å². The van der Waals surface area contributed by atoms with Gasteiger partial charge in [-0.05, 0) is 31.1 Å². The number of piperidine rings is 1. The Labute approximate surface area is 176 Å². The van der Waals surface area contributed by atoms with E-state index in [1.54, 1.807) is 12.4 Å². The molecule has 1 saturated heterocycles. The molecule has 1 saturated carbocycles. The highest BCUT2D eigenvalue weighted by Crippen LogP contribution is 2.46. The van der Waals surface area contributed by atoms with Gasteiger partial charge in [-0.2, -0.15) is 13.2 Å². The molecule has 158 valence electrons. The van der Waals surface area contributed by atoms with E-state index in [9.17, 15) is 13.2 Å². The molecule has 30 heavy (non-hydrogen) atoms. The topological polar surface area (TPSA) is 59.2 Å². The van der Waals surface area contributed by atoms with Crippen LogP contribution in [0, 0.1) is 5.41 Å². The third-order valence-corrected chi connectivity index (χ3v) is 7.34. The summed E-state index contributed by atoms with van der Waals surface area (Å²) in [4.78, 5) is 18.9. The van der Waals surface area contributed by atoms with E-state index in [0.29, 0.717) is 16.0 Å². The Kier molecular flexibility index (Phi) is 4.83. The minimum atomic E-state index is -4.55. The summed E-state index contributed by atoms with van der Waals surface area (Å²) in [6.07, 6.45) is 10.3. The van der Waals surface area contributed by atoms with Crippen molar-refractivity contribution in [3.63, 3.8) is 0 Å². The summed E-state index contributed by atoms with van der Waals surface area (Å²) in [5, 5.41) is 0. The molecule has 0 aromatic carbocycles. The van der Waals surface area contributed by atoms with Crippen LogP contribution < -0.4 is 4.90 Å². The van der Waals surface area contributed by atoms with Crippen LogP contribution in [0.5, 0.6) is 0 Å². The molecule has 1 aliphatic heterocycles. The Bertz CT molecular complexity index is 1050. The second-order valence-corrected chi connectivity index (χ2v) is 9.16. The monoisotopic (exact) mass is 434 g/mol. The molecule has 1 aliphatic carbocycles. The number of hydrogen-bond donors (Lipinski definition) is 0. The average Bonchev–Trinajstić information content (AvgIpc) is 3.39. The van der Waals surface area contributed by atoms with E-state index in [0.717, 1.165) is 50.0 Å². The van der Waals surface area contributed by atoms with E-state index in [2.05, 4.69) is 24.8 Å². The molecular weight excluding hydrogens is 413 g/mol. The lowest BCUT2D eigenvalue weighted by Crippen LogP contribution is -2.40. The standard InChI is InChI=1S/C20H21F3N6S/c21-20(22,23)16-14(11-24-13-27-16)30-15-12-26-18(29-10-7-25-17(15)29)28-8-5-19(6-9-28)3-1-2-4-19/h7,10-13H,1-6,8-9H2.